The van der Waals surface area contributed by atoms with Crippen molar-refractivity contribution in [3.05, 3.63) is 60.2 Å². The Balaban J connectivity index is 1.77. The molecule has 0 saturated heterocycles. The molecule has 0 aromatic heterocycles. The van der Waals surface area contributed by atoms with Crippen molar-refractivity contribution in [2.75, 3.05) is 5.01 Å². The van der Waals surface area contributed by atoms with Crippen LogP contribution in [0.5, 0.6) is 0 Å². The maximum atomic E-state index is 12.5. The van der Waals surface area contributed by atoms with Gasteiger partial charge in [0.2, 0.25) is 0 Å². The molecule has 0 bridgehead atoms. The van der Waals surface area contributed by atoms with Gasteiger partial charge in [0.15, 0.2) is 0 Å². The lowest BCUT2D eigenvalue weighted by molar-refractivity contribution is -0.118. The van der Waals surface area contributed by atoms with Gasteiger partial charge in [0.05, 0.1) is 22.6 Å². The van der Waals surface area contributed by atoms with Crippen LogP contribution in [0.2, 0.25) is 0 Å². The Morgan fingerprint density at radius 2 is 1.83 bits per heavy atom. The van der Waals surface area contributed by atoms with Gasteiger partial charge in [-0.3, -0.25) is 9.79 Å². The van der Waals surface area contributed by atoms with Crippen LogP contribution in [0.1, 0.15) is 17.3 Å². The Labute approximate surface area is 138 Å². The molecule has 1 amide bonds. The van der Waals surface area contributed by atoms with Gasteiger partial charge in [0.25, 0.3) is 5.91 Å². The van der Waals surface area contributed by atoms with Crippen molar-refractivity contribution in [2.45, 2.75) is 6.92 Å². The summed E-state index contributed by atoms with van der Waals surface area (Å²) in [7, 11) is 0. The fourth-order valence-corrected chi connectivity index (χ4v) is 2.36. The molecular formula is C18H15N3O3. The van der Waals surface area contributed by atoms with Gasteiger partial charge in [-0.25, -0.2) is 4.79 Å². The molecule has 120 valence electrons. The van der Waals surface area contributed by atoms with Crippen molar-refractivity contribution >= 4 is 35.2 Å². The molecule has 1 heterocycles. The molecule has 6 nitrogen and oxygen atoms in total. The summed E-state index contributed by atoms with van der Waals surface area (Å²) in [5.41, 5.74) is 2.15. The number of carbonyl (C=O) groups excluding carboxylic acids is 1. The van der Waals surface area contributed by atoms with Crippen LogP contribution in [0.15, 0.2) is 64.7 Å². The second-order valence-corrected chi connectivity index (χ2v) is 5.33. The number of aliphatic imine (C=N–C) groups is 1. The Kier molecular flexibility index (Phi) is 4.20. The maximum absolute atomic E-state index is 12.5. The highest BCUT2D eigenvalue weighted by molar-refractivity contribution is 6.23. The number of hydrogen-bond acceptors (Lipinski definition) is 4. The lowest BCUT2D eigenvalue weighted by Gasteiger charge is -2.12. The third-order valence-corrected chi connectivity index (χ3v) is 3.67. The van der Waals surface area contributed by atoms with E-state index in [9.17, 15) is 9.59 Å². The molecule has 0 radical (unpaired) electrons. The number of hydrazone groups is 1. The van der Waals surface area contributed by atoms with Gasteiger partial charge in [-0.15, -0.1) is 0 Å². The van der Waals surface area contributed by atoms with Gasteiger partial charge in [-0.1, -0.05) is 18.2 Å². The normalized spacial score (nSPS) is 17.4. The SMILES string of the molecule is CC1=NN(c2ccccc2)C(=O)C1C=Nc1ccc(C(=O)O)cc1. The smallest absolute Gasteiger partial charge is 0.335 e. The number of nitrogens with zero attached hydrogens (tertiary/aromatic N) is 3. The fraction of sp³-hybridized carbons (Fsp3) is 0.111. The first-order valence-corrected chi connectivity index (χ1v) is 7.38. The average Bonchev–Trinajstić information content (AvgIpc) is 2.88. The van der Waals surface area contributed by atoms with Gasteiger partial charge < -0.3 is 5.11 Å². The third-order valence-electron chi connectivity index (χ3n) is 3.67. The zero-order valence-electron chi connectivity index (χ0n) is 13.0. The van der Waals surface area contributed by atoms with Crippen molar-refractivity contribution in [3.8, 4) is 0 Å². The van der Waals surface area contributed by atoms with Crippen LogP contribution in [-0.4, -0.2) is 28.9 Å². The van der Waals surface area contributed by atoms with Gasteiger partial charge >= 0.3 is 5.97 Å². The monoisotopic (exact) mass is 321 g/mol. The van der Waals surface area contributed by atoms with Crippen LogP contribution >= 0.6 is 0 Å². The van der Waals surface area contributed by atoms with E-state index in [1.165, 1.54) is 17.1 Å². The summed E-state index contributed by atoms with van der Waals surface area (Å²) < 4.78 is 0. The maximum Gasteiger partial charge on any atom is 0.335 e. The average molecular weight is 321 g/mol. The number of carbonyl (C=O) groups is 2. The van der Waals surface area contributed by atoms with Crippen molar-refractivity contribution in [2.24, 2.45) is 16.0 Å². The van der Waals surface area contributed by atoms with E-state index in [0.29, 0.717) is 17.1 Å². The molecule has 0 fully saturated rings. The Morgan fingerprint density at radius 1 is 1.17 bits per heavy atom. The molecule has 6 heteroatoms. The lowest BCUT2D eigenvalue weighted by Crippen LogP contribution is -2.27. The Morgan fingerprint density at radius 3 is 2.46 bits per heavy atom. The van der Waals surface area contributed by atoms with Gasteiger partial charge in [0.1, 0.15) is 5.92 Å². The topological polar surface area (TPSA) is 82.3 Å². The summed E-state index contributed by atoms with van der Waals surface area (Å²) >= 11 is 0. The number of rotatable bonds is 4. The molecule has 1 atom stereocenters. The summed E-state index contributed by atoms with van der Waals surface area (Å²) in [6, 6.07) is 15.4. The first-order chi connectivity index (χ1) is 11.6. The second-order valence-electron chi connectivity index (χ2n) is 5.33. The van der Waals surface area contributed by atoms with Crippen LogP contribution in [-0.2, 0) is 4.79 Å². The van der Waals surface area contributed by atoms with Gasteiger partial charge in [-0.2, -0.15) is 10.1 Å². The summed E-state index contributed by atoms with van der Waals surface area (Å²) in [6.45, 7) is 1.78. The summed E-state index contributed by atoms with van der Waals surface area (Å²) in [5.74, 6) is -1.67. The minimum Gasteiger partial charge on any atom is -0.478 e. The minimum absolute atomic E-state index is 0.162. The highest BCUT2D eigenvalue weighted by atomic mass is 16.4. The van der Waals surface area contributed by atoms with Crippen LogP contribution in [0.25, 0.3) is 0 Å². The summed E-state index contributed by atoms with van der Waals surface area (Å²) in [6.07, 6.45) is 1.54. The largest absolute Gasteiger partial charge is 0.478 e. The number of hydrogen-bond donors (Lipinski definition) is 1. The van der Waals surface area contributed by atoms with Crippen LogP contribution in [0.4, 0.5) is 11.4 Å². The van der Waals surface area contributed by atoms with E-state index in [1.807, 2.05) is 30.3 Å². The van der Waals surface area contributed by atoms with E-state index in [4.69, 9.17) is 5.11 Å². The lowest BCUT2D eigenvalue weighted by atomic mass is 10.1. The van der Waals surface area contributed by atoms with E-state index in [0.717, 1.165) is 0 Å². The van der Waals surface area contributed by atoms with E-state index in [-0.39, 0.29) is 11.5 Å². The molecule has 1 N–H and O–H groups in total. The molecule has 0 saturated carbocycles. The standard InChI is InChI=1S/C18H15N3O3/c1-12-16(11-19-14-9-7-13(8-10-14)18(23)24)17(22)21(20-12)15-5-3-2-4-6-15/h2-11,16H,1H3,(H,23,24). The predicted molar refractivity (Wildman–Crippen MR) is 92.1 cm³/mol. The van der Waals surface area contributed by atoms with Crippen molar-refractivity contribution in [1.82, 2.24) is 0 Å². The molecule has 24 heavy (non-hydrogen) atoms. The van der Waals surface area contributed by atoms with E-state index in [2.05, 4.69) is 10.1 Å². The van der Waals surface area contributed by atoms with Crippen molar-refractivity contribution in [1.29, 1.82) is 0 Å². The zero-order chi connectivity index (χ0) is 17.1. The first kappa shape index (κ1) is 15.6. The number of carboxylic acid groups (broad SMARTS) is 1. The van der Waals surface area contributed by atoms with Crippen molar-refractivity contribution in [3.63, 3.8) is 0 Å². The molecule has 3 rings (SSSR count). The Bertz CT molecular complexity index is 826. The summed E-state index contributed by atoms with van der Waals surface area (Å²) in [5, 5.41) is 14.6. The molecule has 1 unspecified atom stereocenters. The Hall–Kier alpha value is -3.28. The van der Waals surface area contributed by atoms with Crippen LogP contribution in [0.3, 0.4) is 0 Å². The molecule has 2 aromatic rings. The number of carboxylic acids is 1. The second kappa shape index (κ2) is 6.45. The molecular weight excluding hydrogens is 306 g/mol. The number of anilines is 1. The van der Waals surface area contributed by atoms with E-state index in [1.54, 1.807) is 25.3 Å². The highest BCUT2D eigenvalue weighted by Crippen LogP contribution is 2.23. The number of benzene rings is 2. The van der Waals surface area contributed by atoms with Crippen LogP contribution < -0.4 is 5.01 Å². The van der Waals surface area contributed by atoms with Crippen LogP contribution in [0, 0.1) is 5.92 Å². The molecule has 1 aliphatic heterocycles. The zero-order valence-corrected chi connectivity index (χ0v) is 13.0. The number of aromatic carboxylic acids is 1. The molecule has 0 aliphatic carbocycles. The number of para-hydroxylation sites is 1. The fourth-order valence-electron chi connectivity index (χ4n) is 2.36. The predicted octanol–water partition coefficient (Wildman–Crippen LogP) is 3.13. The van der Waals surface area contributed by atoms with Gasteiger partial charge in [-0.05, 0) is 43.3 Å². The molecule has 2 aromatic carbocycles. The third kappa shape index (κ3) is 3.08. The van der Waals surface area contributed by atoms with E-state index >= 15 is 0 Å². The highest BCUT2D eigenvalue weighted by Gasteiger charge is 2.33. The van der Waals surface area contributed by atoms with Gasteiger partial charge in [0, 0.05) is 6.21 Å². The minimum atomic E-state index is -0.988. The quantitative estimate of drug-likeness (QED) is 0.878. The number of amides is 1. The first-order valence-electron chi connectivity index (χ1n) is 7.38. The van der Waals surface area contributed by atoms with Crippen molar-refractivity contribution < 1.29 is 14.7 Å². The summed E-state index contributed by atoms with van der Waals surface area (Å²) in [4.78, 5) is 27.6. The van der Waals surface area contributed by atoms with E-state index < -0.39 is 11.9 Å². The molecule has 0 spiro atoms. The molecule has 1 aliphatic rings.